The Bertz CT molecular complexity index is 386. The molecular weight excluding hydrogens is 252 g/mol. The highest BCUT2D eigenvalue weighted by molar-refractivity contribution is 7.99. The van der Waals surface area contributed by atoms with E-state index in [1.807, 2.05) is 24.1 Å². The van der Waals surface area contributed by atoms with Gasteiger partial charge >= 0.3 is 0 Å². The second-order valence-corrected chi connectivity index (χ2v) is 5.97. The summed E-state index contributed by atoms with van der Waals surface area (Å²) in [5.41, 5.74) is 5.77. The molecule has 4 nitrogen and oxygen atoms in total. The van der Waals surface area contributed by atoms with Crippen molar-refractivity contribution < 1.29 is 0 Å². The number of thioether (sulfide) groups is 2. The van der Waals surface area contributed by atoms with Gasteiger partial charge in [0.05, 0.1) is 0 Å². The van der Waals surface area contributed by atoms with Crippen LogP contribution in [0.1, 0.15) is 19.3 Å². The molecule has 0 aliphatic heterocycles. The molecule has 6 heteroatoms. The summed E-state index contributed by atoms with van der Waals surface area (Å²) in [6, 6.07) is 2.32. The van der Waals surface area contributed by atoms with Gasteiger partial charge < -0.3 is 11.1 Å². The zero-order chi connectivity index (χ0) is 12.3. The molecular formula is C11H18N4S2. The predicted octanol–water partition coefficient (Wildman–Crippen LogP) is 2.48. The zero-order valence-corrected chi connectivity index (χ0v) is 11.8. The van der Waals surface area contributed by atoms with Crippen molar-refractivity contribution in [3.05, 3.63) is 6.07 Å². The average Bonchev–Trinajstić information content (AvgIpc) is 2.75. The van der Waals surface area contributed by atoms with Crippen LogP contribution in [-0.4, -0.2) is 33.8 Å². The number of anilines is 2. The summed E-state index contributed by atoms with van der Waals surface area (Å²) in [6.07, 6.45) is 7.92. The van der Waals surface area contributed by atoms with Crippen LogP contribution in [0.5, 0.6) is 0 Å². The van der Waals surface area contributed by atoms with E-state index in [1.165, 1.54) is 31.0 Å². The third kappa shape index (κ3) is 3.19. The normalized spacial score (nSPS) is 23.9. The number of nitrogens with one attached hydrogen (secondary N) is 1. The summed E-state index contributed by atoms with van der Waals surface area (Å²) in [4.78, 5) is 8.59. The second kappa shape index (κ2) is 5.82. The van der Waals surface area contributed by atoms with Crippen molar-refractivity contribution in [3.63, 3.8) is 0 Å². The topological polar surface area (TPSA) is 63.8 Å². The Morgan fingerprint density at radius 3 is 2.88 bits per heavy atom. The molecule has 1 aromatic heterocycles. The Labute approximate surface area is 111 Å². The maximum absolute atomic E-state index is 5.77. The quantitative estimate of drug-likeness (QED) is 0.647. The van der Waals surface area contributed by atoms with E-state index in [-0.39, 0.29) is 0 Å². The zero-order valence-electron chi connectivity index (χ0n) is 10.1. The molecule has 0 aromatic carbocycles. The van der Waals surface area contributed by atoms with Gasteiger partial charge in [0.25, 0.3) is 0 Å². The summed E-state index contributed by atoms with van der Waals surface area (Å²) in [6.45, 7) is 0. The molecule has 0 spiro atoms. The Kier molecular flexibility index (Phi) is 4.39. The number of nitrogens with zero attached hydrogens (tertiary/aromatic N) is 2. The predicted molar refractivity (Wildman–Crippen MR) is 76.8 cm³/mol. The monoisotopic (exact) mass is 270 g/mol. The van der Waals surface area contributed by atoms with Crippen molar-refractivity contribution in [2.45, 2.75) is 35.7 Å². The minimum Gasteiger partial charge on any atom is -0.383 e. The van der Waals surface area contributed by atoms with Crippen LogP contribution in [0.4, 0.5) is 11.6 Å². The van der Waals surface area contributed by atoms with Crippen molar-refractivity contribution in [1.29, 1.82) is 0 Å². The lowest BCUT2D eigenvalue weighted by atomic mass is 10.2. The molecule has 1 aliphatic rings. The van der Waals surface area contributed by atoms with E-state index in [0.29, 0.717) is 17.1 Å². The summed E-state index contributed by atoms with van der Waals surface area (Å²) in [5.74, 6) is 1.39. The molecule has 3 N–H and O–H groups in total. The van der Waals surface area contributed by atoms with Crippen LogP contribution in [0, 0.1) is 0 Å². The average molecular weight is 270 g/mol. The van der Waals surface area contributed by atoms with Crippen molar-refractivity contribution in [2.24, 2.45) is 0 Å². The molecule has 1 saturated carbocycles. The van der Waals surface area contributed by atoms with Crippen molar-refractivity contribution in [2.75, 3.05) is 23.6 Å². The number of nitrogens with two attached hydrogens (primary N) is 1. The highest BCUT2D eigenvalue weighted by Crippen LogP contribution is 2.30. The standard InChI is InChI=1S/C11H18N4S2/c1-16-8-5-3-4-7(8)13-10-6-9(12)14-11(15-10)17-2/h6-8H,3-5H2,1-2H3,(H3,12,13,14,15). The molecule has 0 radical (unpaired) electrons. The van der Waals surface area contributed by atoms with Crippen LogP contribution >= 0.6 is 23.5 Å². The van der Waals surface area contributed by atoms with Crippen LogP contribution in [0.15, 0.2) is 11.2 Å². The maximum Gasteiger partial charge on any atom is 0.191 e. The first-order chi connectivity index (χ1) is 8.22. The van der Waals surface area contributed by atoms with Gasteiger partial charge in [-0.3, -0.25) is 0 Å². The molecule has 1 aliphatic carbocycles. The first kappa shape index (κ1) is 12.8. The van der Waals surface area contributed by atoms with Gasteiger partial charge in [-0.1, -0.05) is 18.2 Å². The van der Waals surface area contributed by atoms with Gasteiger partial charge in [-0.05, 0) is 25.4 Å². The molecule has 0 bridgehead atoms. The Morgan fingerprint density at radius 1 is 1.35 bits per heavy atom. The Morgan fingerprint density at radius 2 is 2.18 bits per heavy atom. The van der Waals surface area contributed by atoms with Gasteiger partial charge in [-0.25, -0.2) is 9.97 Å². The van der Waals surface area contributed by atoms with E-state index in [4.69, 9.17) is 5.73 Å². The van der Waals surface area contributed by atoms with Gasteiger partial charge in [-0.2, -0.15) is 11.8 Å². The molecule has 1 aromatic rings. The van der Waals surface area contributed by atoms with Gasteiger partial charge in [0.2, 0.25) is 0 Å². The lowest BCUT2D eigenvalue weighted by Crippen LogP contribution is -2.26. The van der Waals surface area contributed by atoms with Gasteiger partial charge in [-0.15, -0.1) is 0 Å². The van der Waals surface area contributed by atoms with E-state index >= 15 is 0 Å². The first-order valence-corrected chi connectivity index (χ1v) is 8.22. The number of nitrogen functional groups attached to an aromatic ring is 1. The van der Waals surface area contributed by atoms with Crippen molar-refractivity contribution in [1.82, 2.24) is 9.97 Å². The van der Waals surface area contributed by atoms with Gasteiger partial charge in [0.1, 0.15) is 11.6 Å². The second-order valence-electron chi connectivity index (χ2n) is 4.12. The fourth-order valence-corrected chi connectivity index (χ4v) is 3.49. The van der Waals surface area contributed by atoms with Crippen LogP contribution < -0.4 is 11.1 Å². The first-order valence-electron chi connectivity index (χ1n) is 5.71. The molecule has 1 heterocycles. The number of aromatic nitrogens is 2. The van der Waals surface area contributed by atoms with Crippen LogP contribution in [0.25, 0.3) is 0 Å². The summed E-state index contributed by atoms with van der Waals surface area (Å²) >= 11 is 3.45. The fraction of sp³-hybridized carbons (Fsp3) is 0.636. The van der Waals surface area contributed by atoms with Crippen LogP contribution in [0.2, 0.25) is 0 Å². The molecule has 17 heavy (non-hydrogen) atoms. The third-order valence-corrected chi connectivity index (χ3v) is 4.71. The Balaban J connectivity index is 2.09. The number of hydrogen-bond acceptors (Lipinski definition) is 6. The largest absolute Gasteiger partial charge is 0.383 e. The third-order valence-electron chi connectivity index (χ3n) is 3.00. The van der Waals surface area contributed by atoms with E-state index in [0.717, 1.165) is 11.0 Å². The minimum atomic E-state index is 0.508. The lowest BCUT2D eigenvalue weighted by molar-refractivity contribution is 0.758. The summed E-state index contributed by atoms with van der Waals surface area (Å²) < 4.78 is 0. The molecule has 2 atom stereocenters. The Hall–Kier alpha value is -0.620. The minimum absolute atomic E-state index is 0.508. The fourth-order valence-electron chi connectivity index (χ4n) is 2.17. The smallest absolute Gasteiger partial charge is 0.191 e. The highest BCUT2D eigenvalue weighted by atomic mass is 32.2. The van der Waals surface area contributed by atoms with E-state index in [9.17, 15) is 0 Å². The van der Waals surface area contributed by atoms with Crippen molar-refractivity contribution in [3.8, 4) is 0 Å². The maximum atomic E-state index is 5.77. The van der Waals surface area contributed by atoms with E-state index in [1.54, 1.807) is 0 Å². The molecule has 2 rings (SSSR count). The highest BCUT2D eigenvalue weighted by Gasteiger charge is 2.26. The van der Waals surface area contributed by atoms with Crippen LogP contribution in [0.3, 0.4) is 0 Å². The molecule has 1 fully saturated rings. The number of rotatable bonds is 4. The van der Waals surface area contributed by atoms with Gasteiger partial charge in [0.15, 0.2) is 5.16 Å². The molecule has 0 saturated heterocycles. The summed E-state index contributed by atoms with van der Waals surface area (Å²) in [5, 5.41) is 4.90. The van der Waals surface area contributed by atoms with Crippen molar-refractivity contribution >= 4 is 35.2 Å². The summed E-state index contributed by atoms with van der Waals surface area (Å²) in [7, 11) is 0. The number of hydrogen-bond donors (Lipinski definition) is 2. The van der Waals surface area contributed by atoms with Crippen LogP contribution in [-0.2, 0) is 0 Å². The lowest BCUT2D eigenvalue weighted by Gasteiger charge is -2.20. The molecule has 0 amide bonds. The molecule has 94 valence electrons. The van der Waals surface area contributed by atoms with Gasteiger partial charge in [0, 0.05) is 17.4 Å². The van der Waals surface area contributed by atoms with E-state index in [2.05, 4.69) is 21.5 Å². The van der Waals surface area contributed by atoms with E-state index < -0.39 is 0 Å². The SMILES string of the molecule is CSc1nc(N)cc(NC2CCCC2SC)n1. The molecule has 2 unspecified atom stereocenters.